The van der Waals surface area contributed by atoms with Crippen LogP contribution in [0.1, 0.15) is 21.5 Å². The SMILES string of the molecule is Cc1c(C(=O)O)c(=S)n(C)c2cc(C(F)(F)F)ccc12. The summed E-state index contributed by atoms with van der Waals surface area (Å²) in [5, 5.41) is 9.59. The molecule has 3 nitrogen and oxygen atoms in total. The molecule has 106 valence electrons. The van der Waals surface area contributed by atoms with Gasteiger partial charge in [0.25, 0.3) is 0 Å². The molecule has 0 unspecified atom stereocenters. The number of nitrogens with zero attached hydrogens (tertiary/aromatic N) is 1. The van der Waals surface area contributed by atoms with Gasteiger partial charge in [0.2, 0.25) is 0 Å². The normalized spacial score (nSPS) is 11.8. The van der Waals surface area contributed by atoms with Gasteiger partial charge in [0.05, 0.1) is 11.1 Å². The van der Waals surface area contributed by atoms with Crippen molar-refractivity contribution in [3.8, 4) is 0 Å². The van der Waals surface area contributed by atoms with Crippen LogP contribution in [0.25, 0.3) is 10.9 Å². The van der Waals surface area contributed by atoms with Crippen molar-refractivity contribution in [2.45, 2.75) is 13.1 Å². The molecule has 0 aliphatic rings. The van der Waals surface area contributed by atoms with Gasteiger partial charge in [0.15, 0.2) is 0 Å². The van der Waals surface area contributed by atoms with E-state index in [0.29, 0.717) is 10.9 Å². The summed E-state index contributed by atoms with van der Waals surface area (Å²) in [6, 6.07) is 3.18. The lowest BCUT2D eigenvalue weighted by Crippen LogP contribution is -2.10. The van der Waals surface area contributed by atoms with Gasteiger partial charge in [-0.1, -0.05) is 18.3 Å². The molecule has 0 saturated heterocycles. The quantitative estimate of drug-likeness (QED) is 0.811. The number of aromatic nitrogens is 1. The van der Waals surface area contributed by atoms with Crippen LogP contribution in [0.3, 0.4) is 0 Å². The number of aromatic carboxylic acids is 1. The van der Waals surface area contributed by atoms with Gasteiger partial charge in [-0.25, -0.2) is 4.79 Å². The Morgan fingerprint density at radius 1 is 1.35 bits per heavy atom. The van der Waals surface area contributed by atoms with Crippen LogP contribution in [-0.4, -0.2) is 15.6 Å². The predicted octanol–water partition coefficient (Wildman–Crippen LogP) is 3.93. The van der Waals surface area contributed by atoms with E-state index in [0.717, 1.165) is 12.1 Å². The molecule has 7 heteroatoms. The van der Waals surface area contributed by atoms with E-state index in [1.54, 1.807) is 0 Å². The number of carboxylic acid groups (broad SMARTS) is 1. The lowest BCUT2D eigenvalue weighted by molar-refractivity contribution is -0.137. The summed E-state index contributed by atoms with van der Waals surface area (Å²) in [4.78, 5) is 11.2. The van der Waals surface area contributed by atoms with Crippen LogP contribution in [0.5, 0.6) is 0 Å². The second-order valence-electron chi connectivity index (χ2n) is 4.40. The van der Waals surface area contributed by atoms with Gasteiger partial charge in [-0.05, 0) is 24.6 Å². The molecule has 1 aromatic heterocycles. The zero-order valence-electron chi connectivity index (χ0n) is 10.6. The molecule has 0 aliphatic heterocycles. The van der Waals surface area contributed by atoms with Crippen LogP contribution in [0, 0.1) is 11.6 Å². The van der Waals surface area contributed by atoms with Crippen molar-refractivity contribution in [2.24, 2.45) is 7.05 Å². The second kappa shape index (κ2) is 4.59. The number of halogens is 3. The van der Waals surface area contributed by atoms with Gasteiger partial charge in [0.1, 0.15) is 4.64 Å². The lowest BCUT2D eigenvalue weighted by Gasteiger charge is -2.14. The summed E-state index contributed by atoms with van der Waals surface area (Å²) in [6.07, 6.45) is -4.46. The number of rotatable bonds is 1. The van der Waals surface area contributed by atoms with E-state index in [-0.39, 0.29) is 15.7 Å². The van der Waals surface area contributed by atoms with Crippen molar-refractivity contribution in [3.63, 3.8) is 0 Å². The van der Waals surface area contributed by atoms with Crippen LogP contribution in [-0.2, 0) is 13.2 Å². The minimum absolute atomic E-state index is 0.00169. The number of carboxylic acids is 1. The molecule has 20 heavy (non-hydrogen) atoms. The summed E-state index contributed by atoms with van der Waals surface area (Å²) >= 11 is 5.02. The number of fused-ring (bicyclic) bond motifs is 1. The number of benzene rings is 1. The van der Waals surface area contributed by atoms with Crippen molar-refractivity contribution in [2.75, 3.05) is 0 Å². The number of pyridine rings is 1. The highest BCUT2D eigenvalue weighted by Crippen LogP contribution is 2.33. The highest BCUT2D eigenvalue weighted by molar-refractivity contribution is 7.71. The Hall–Kier alpha value is -1.89. The van der Waals surface area contributed by atoms with Crippen LogP contribution >= 0.6 is 12.2 Å². The molecule has 0 radical (unpaired) electrons. The zero-order valence-corrected chi connectivity index (χ0v) is 11.4. The standard InChI is InChI=1S/C13H10F3NO2S/c1-6-8-4-3-7(13(14,15)16)5-9(8)17(2)11(20)10(6)12(18)19/h3-5H,1-2H3,(H,18,19). The monoisotopic (exact) mass is 301 g/mol. The molecule has 0 fully saturated rings. The summed E-state index contributed by atoms with van der Waals surface area (Å²) < 4.78 is 39.5. The maximum atomic E-state index is 12.7. The number of carbonyl (C=O) groups is 1. The first-order valence-electron chi connectivity index (χ1n) is 5.58. The molecular weight excluding hydrogens is 291 g/mol. The molecule has 2 rings (SSSR count). The maximum absolute atomic E-state index is 12.7. The first kappa shape index (κ1) is 14.5. The van der Waals surface area contributed by atoms with Gasteiger partial charge in [0, 0.05) is 18.0 Å². The highest BCUT2D eigenvalue weighted by Gasteiger charge is 2.31. The molecule has 0 spiro atoms. The van der Waals surface area contributed by atoms with Crippen molar-refractivity contribution < 1.29 is 23.1 Å². The summed E-state index contributed by atoms with van der Waals surface area (Å²) in [7, 11) is 1.46. The molecule has 0 atom stereocenters. The van der Waals surface area contributed by atoms with Gasteiger partial charge in [-0.2, -0.15) is 13.2 Å². The predicted molar refractivity (Wildman–Crippen MR) is 70.5 cm³/mol. The second-order valence-corrected chi connectivity index (χ2v) is 4.79. The zero-order chi connectivity index (χ0) is 15.2. The molecule has 0 amide bonds. The van der Waals surface area contributed by atoms with E-state index in [9.17, 15) is 18.0 Å². The lowest BCUT2D eigenvalue weighted by atomic mass is 10.0. The third kappa shape index (κ3) is 2.18. The molecule has 1 aromatic carbocycles. The largest absolute Gasteiger partial charge is 0.478 e. The average molecular weight is 301 g/mol. The Bertz CT molecular complexity index is 778. The van der Waals surface area contributed by atoms with Crippen molar-refractivity contribution >= 4 is 29.1 Å². The molecule has 1 N–H and O–H groups in total. The molecule has 0 aliphatic carbocycles. The third-order valence-electron chi connectivity index (χ3n) is 3.20. The van der Waals surface area contributed by atoms with E-state index >= 15 is 0 Å². The first-order valence-corrected chi connectivity index (χ1v) is 5.99. The number of alkyl halides is 3. The summed E-state index contributed by atoms with van der Waals surface area (Å²) in [5.41, 5.74) is -0.233. The van der Waals surface area contributed by atoms with Crippen LogP contribution < -0.4 is 0 Å². The third-order valence-corrected chi connectivity index (χ3v) is 3.68. The van der Waals surface area contributed by atoms with E-state index in [1.165, 1.54) is 24.6 Å². The Morgan fingerprint density at radius 2 is 1.95 bits per heavy atom. The van der Waals surface area contributed by atoms with Crippen LogP contribution in [0.15, 0.2) is 18.2 Å². The number of hydrogen-bond donors (Lipinski definition) is 1. The number of hydrogen-bond acceptors (Lipinski definition) is 2. The van der Waals surface area contributed by atoms with Gasteiger partial charge in [-0.15, -0.1) is 0 Å². The minimum Gasteiger partial charge on any atom is -0.478 e. The molecule has 0 saturated carbocycles. The average Bonchev–Trinajstić information content (AvgIpc) is 2.34. The Balaban J connectivity index is 2.93. The fourth-order valence-electron chi connectivity index (χ4n) is 2.13. The molecule has 1 heterocycles. The van der Waals surface area contributed by atoms with E-state index in [2.05, 4.69) is 0 Å². The number of aryl methyl sites for hydroxylation is 2. The Kier molecular flexibility index (Phi) is 3.33. The van der Waals surface area contributed by atoms with Gasteiger partial charge < -0.3 is 9.67 Å². The fraction of sp³-hybridized carbons (Fsp3) is 0.231. The minimum atomic E-state index is -4.46. The summed E-state index contributed by atoms with van der Waals surface area (Å²) in [6.45, 7) is 1.54. The van der Waals surface area contributed by atoms with Crippen molar-refractivity contribution in [1.82, 2.24) is 4.57 Å². The highest BCUT2D eigenvalue weighted by atomic mass is 32.1. The molecule has 2 aromatic rings. The maximum Gasteiger partial charge on any atom is 0.416 e. The van der Waals surface area contributed by atoms with Crippen LogP contribution in [0.2, 0.25) is 0 Å². The first-order chi connectivity index (χ1) is 9.14. The van der Waals surface area contributed by atoms with E-state index in [1.807, 2.05) is 0 Å². The Morgan fingerprint density at radius 3 is 2.45 bits per heavy atom. The molecule has 0 bridgehead atoms. The smallest absolute Gasteiger partial charge is 0.416 e. The van der Waals surface area contributed by atoms with Crippen molar-refractivity contribution in [1.29, 1.82) is 0 Å². The molecular formula is C13H10F3NO2S. The summed E-state index contributed by atoms with van der Waals surface area (Å²) in [5.74, 6) is -1.19. The van der Waals surface area contributed by atoms with E-state index < -0.39 is 17.7 Å². The topological polar surface area (TPSA) is 42.2 Å². The van der Waals surface area contributed by atoms with Crippen molar-refractivity contribution in [3.05, 3.63) is 39.5 Å². The van der Waals surface area contributed by atoms with Gasteiger partial charge in [-0.3, -0.25) is 0 Å². The van der Waals surface area contributed by atoms with Gasteiger partial charge >= 0.3 is 12.1 Å². The fourth-order valence-corrected chi connectivity index (χ4v) is 2.47. The van der Waals surface area contributed by atoms with E-state index in [4.69, 9.17) is 17.3 Å². The Labute approximate surface area is 117 Å². The van der Waals surface area contributed by atoms with Crippen LogP contribution in [0.4, 0.5) is 13.2 Å².